The maximum absolute atomic E-state index is 3.96. The third-order valence-electron chi connectivity index (χ3n) is 2.65. The molecule has 0 aromatic heterocycles. The molecule has 1 aromatic rings. The normalized spacial score (nSPS) is 12.1. The van der Waals surface area contributed by atoms with Crippen LogP contribution in [-0.2, 0) is 0 Å². The van der Waals surface area contributed by atoms with Gasteiger partial charge in [-0.1, -0.05) is 73.9 Å². The minimum Gasteiger partial charge on any atom is -0.0990 e. The molecule has 0 heterocycles. The van der Waals surface area contributed by atoms with Crippen LogP contribution in [0.15, 0.2) is 79.5 Å². The van der Waals surface area contributed by atoms with E-state index in [1.165, 1.54) is 11.1 Å². The molecule has 1 rings (SSSR count). The van der Waals surface area contributed by atoms with Crippen LogP contribution in [0.5, 0.6) is 0 Å². The molecule has 0 spiro atoms. The van der Waals surface area contributed by atoms with Crippen LogP contribution in [0.1, 0.15) is 18.1 Å². The van der Waals surface area contributed by atoms with E-state index in [0.29, 0.717) is 0 Å². The number of rotatable bonds is 5. The zero-order chi connectivity index (χ0) is 13.5. The molecular formula is C18H20. The van der Waals surface area contributed by atoms with Gasteiger partial charge in [-0.15, -0.1) is 0 Å². The van der Waals surface area contributed by atoms with Gasteiger partial charge in [0.05, 0.1) is 0 Å². The van der Waals surface area contributed by atoms with Crippen molar-refractivity contribution in [2.75, 3.05) is 0 Å². The molecule has 0 nitrogen and oxygen atoms in total. The molecule has 0 amide bonds. The fourth-order valence-corrected chi connectivity index (χ4v) is 1.83. The molecule has 0 fully saturated rings. The number of aryl methyl sites for hydroxylation is 1. The molecule has 0 atom stereocenters. The summed E-state index contributed by atoms with van der Waals surface area (Å²) >= 11 is 0. The molecule has 1 aromatic carbocycles. The van der Waals surface area contributed by atoms with Crippen LogP contribution in [0, 0.1) is 6.92 Å². The molecule has 0 aliphatic heterocycles. The third kappa shape index (κ3) is 3.46. The Morgan fingerprint density at radius 2 is 1.83 bits per heavy atom. The van der Waals surface area contributed by atoms with Gasteiger partial charge in [-0.2, -0.15) is 0 Å². The lowest BCUT2D eigenvalue weighted by Gasteiger charge is -2.12. The van der Waals surface area contributed by atoms with Gasteiger partial charge >= 0.3 is 0 Å². The molecule has 0 aliphatic rings. The maximum Gasteiger partial charge on any atom is -0.0107 e. The molecule has 92 valence electrons. The minimum absolute atomic E-state index is 1.02. The first-order valence-electron chi connectivity index (χ1n) is 5.99. The van der Waals surface area contributed by atoms with Gasteiger partial charge in [0.2, 0.25) is 0 Å². The van der Waals surface area contributed by atoms with Crippen LogP contribution < -0.4 is 0 Å². The lowest BCUT2D eigenvalue weighted by atomic mass is 9.92. The molecule has 0 aliphatic carbocycles. The second kappa shape index (κ2) is 6.61. The van der Waals surface area contributed by atoms with Gasteiger partial charge < -0.3 is 0 Å². The van der Waals surface area contributed by atoms with Crippen LogP contribution >= 0.6 is 0 Å². The van der Waals surface area contributed by atoms with Crippen LogP contribution in [-0.4, -0.2) is 0 Å². The predicted octanol–water partition coefficient (Wildman–Crippen LogP) is 5.25. The van der Waals surface area contributed by atoms with Crippen LogP contribution in [0.3, 0.4) is 0 Å². The highest BCUT2D eigenvalue weighted by atomic mass is 14.1. The van der Waals surface area contributed by atoms with E-state index >= 15 is 0 Å². The molecule has 0 saturated heterocycles. The number of hydrogen-bond donors (Lipinski definition) is 0. The van der Waals surface area contributed by atoms with Crippen molar-refractivity contribution >= 4 is 5.57 Å². The summed E-state index contributed by atoms with van der Waals surface area (Å²) in [5.74, 6) is 0. The van der Waals surface area contributed by atoms with Gasteiger partial charge in [-0.3, -0.25) is 0 Å². The van der Waals surface area contributed by atoms with E-state index in [2.05, 4.69) is 44.9 Å². The monoisotopic (exact) mass is 236 g/mol. The van der Waals surface area contributed by atoms with Crippen molar-refractivity contribution in [2.24, 2.45) is 0 Å². The van der Waals surface area contributed by atoms with E-state index in [-0.39, 0.29) is 0 Å². The Hall–Kier alpha value is -2.08. The van der Waals surface area contributed by atoms with Crippen molar-refractivity contribution in [2.45, 2.75) is 13.8 Å². The van der Waals surface area contributed by atoms with Gasteiger partial charge in [-0.05, 0) is 36.1 Å². The predicted molar refractivity (Wildman–Crippen MR) is 82.4 cm³/mol. The Labute approximate surface area is 110 Å². The average Bonchev–Trinajstić information content (AvgIpc) is 2.34. The van der Waals surface area contributed by atoms with Crippen molar-refractivity contribution in [3.63, 3.8) is 0 Å². The first kappa shape index (κ1) is 14.0. The first-order valence-corrected chi connectivity index (χ1v) is 5.99. The Kier molecular flexibility index (Phi) is 5.13. The lowest BCUT2D eigenvalue weighted by Crippen LogP contribution is -1.92. The SMILES string of the molecule is C=C/C=C(C=C)/C(=C/C(=C)C)c1ccccc1C. The Bertz CT molecular complexity index is 525. The summed E-state index contributed by atoms with van der Waals surface area (Å²) in [5.41, 5.74) is 5.65. The van der Waals surface area contributed by atoms with Crippen molar-refractivity contribution in [1.29, 1.82) is 0 Å². The van der Waals surface area contributed by atoms with Crippen LogP contribution in [0.25, 0.3) is 5.57 Å². The zero-order valence-electron chi connectivity index (χ0n) is 11.2. The largest absolute Gasteiger partial charge is 0.0990 e. The second-order valence-corrected chi connectivity index (χ2v) is 4.28. The minimum atomic E-state index is 1.02. The van der Waals surface area contributed by atoms with Gasteiger partial charge in [0, 0.05) is 0 Å². The fraction of sp³-hybridized carbons (Fsp3) is 0.111. The molecular weight excluding hydrogens is 216 g/mol. The highest BCUT2D eigenvalue weighted by Crippen LogP contribution is 2.27. The van der Waals surface area contributed by atoms with Gasteiger partial charge in [0.1, 0.15) is 0 Å². The molecule has 0 N–H and O–H groups in total. The van der Waals surface area contributed by atoms with Crippen LogP contribution in [0.4, 0.5) is 0 Å². The number of allylic oxidation sites excluding steroid dienone is 7. The van der Waals surface area contributed by atoms with Crippen molar-refractivity contribution < 1.29 is 0 Å². The third-order valence-corrected chi connectivity index (χ3v) is 2.65. The summed E-state index contributed by atoms with van der Waals surface area (Å²) in [7, 11) is 0. The Balaban J connectivity index is 3.45. The van der Waals surface area contributed by atoms with E-state index in [4.69, 9.17) is 0 Å². The van der Waals surface area contributed by atoms with Crippen molar-refractivity contribution in [1.82, 2.24) is 0 Å². The van der Waals surface area contributed by atoms with Gasteiger partial charge in [0.25, 0.3) is 0 Å². The highest BCUT2D eigenvalue weighted by Gasteiger charge is 2.07. The van der Waals surface area contributed by atoms with E-state index in [9.17, 15) is 0 Å². The second-order valence-electron chi connectivity index (χ2n) is 4.28. The number of benzene rings is 1. The smallest absolute Gasteiger partial charge is 0.0107 e. The van der Waals surface area contributed by atoms with E-state index in [0.717, 1.165) is 16.7 Å². The van der Waals surface area contributed by atoms with Gasteiger partial charge in [-0.25, -0.2) is 0 Å². The maximum atomic E-state index is 3.96. The summed E-state index contributed by atoms with van der Waals surface area (Å²) in [6.45, 7) is 15.7. The molecule has 0 unspecified atom stereocenters. The summed E-state index contributed by atoms with van der Waals surface area (Å²) in [4.78, 5) is 0. The molecule has 0 bridgehead atoms. The Morgan fingerprint density at radius 3 is 2.33 bits per heavy atom. The summed E-state index contributed by atoms with van der Waals surface area (Å²) < 4.78 is 0. The van der Waals surface area contributed by atoms with Gasteiger partial charge in [0.15, 0.2) is 0 Å². The molecule has 0 radical (unpaired) electrons. The van der Waals surface area contributed by atoms with E-state index < -0.39 is 0 Å². The molecule has 18 heavy (non-hydrogen) atoms. The molecule has 0 saturated carbocycles. The quantitative estimate of drug-likeness (QED) is 0.612. The van der Waals surface area contributed by atoms with Crippen molar-refractivity contribution in [3.05, 3.63) is 90.6 Å². The van der Waals surface area contributed by atoms with Crippen LogP contribution in [0.2, 0.25) is 0 Å². The fourth-order valence-electron chi connectivity index (χ4n) is 1.83. The zero-order valence-corrected chi connectivity index (χ0v) is 11.2. The lowest BCUT2D eigenvalue weighted by molar-refractivity contribution is 1.41. The average molecular weight is 236 g/mol. The summed E-state index contributed by atoms with van der Waals surface area (Å²) in [5, 5.41) is 0. The summed E-state index contributed by atoms with van der Waals surface area (Å²) in [6, 6.07) is 8.31. The highest BCUT2D eigenvalue weighted by molar-refractivity contribution is 5.84. The topological polar surface area (TPSA) is 0 Å². The number of hydrogen-bond acceptors (Lipinski definition) is 0. The van der Waals surface area contributed by atoms with E-state index in [1.54, 1.807) is 6.08 Å². The summed E-state index contributed by atoms with van der Waals surface area (Å²) in [6.07, 6.45) is 7.68. The molecule has 0 heteroatoms. The van der Waals surface area contributed by atoms with Crippen molar-refractivity contribution in [3.8, 4) is 0 Å². The Morgan fingerprint density at radius 1 is 1.17 bits per heavy atom. The first-order chi connectivity index (χ1) is 8.60. The van der Waals surface area contributed by atoms with E-state index in [1.807, 2.05) is 31.2 Å². The standard InChI is InChI=1S/C18H20/c1-6-10-16(7-2)18(13-14(3)4)17-12-9-8-11-15(17)5/h6-13H,1-3H2,4-5H3/b16-10+,18-13-.